The predicted molar refractivity (Wildman–Crippen MR) is 116 cm³/mol. The molecule has 0 radical (unpaired) electrons. The largest absolute Gasteiger partial charge is 0.454 e. The van der Waals surface area contributed by atoms with Gasteiger partial charge in [-0.25, -0.2) is 4.98 Å². The number of nitrogens with zero attached hydrogens (tertiary/aromatic N) is 3. The smallest absolute Gasteiger partial charge is 0.231 e. The molecular weight excluding hydrogens is 394 g/mol. The van der Waals surface area contributed by atoms with Gasteiger partial charge >= 0.3 is 0 Å². The van der Waals surface area contributed by atoms with Gasteiger partial charge in [-0.3, -0.25) is 4.90 Å². The van der Waals surface area contributed by atoms with Crippen molar-refractivity contribution >= 4 is 5.82 Å². The van der Waals surface area contributed by atoms with E-state index < -0.39 is 0 Å². The summed E-state index contributed by atoms with van der Waals surface area (Å²) in [5, 5.41) is 10.9. The molecule has 1 saturated carbocycles. The standard InChI is InChI=1S/C24H29N3O4/c28-21-11-18-14-27(13-17(18)10-20(21)26-6-8-29-9-7-26)24-3-1-2-19(25-24)16-4-5-22-23(12-16)31-15-30-22/h1-5,12,17-18,20-21,28H,6-11,13-15H2/t17-,18+,20-,21-/m1/s1. The summed E-state index contributed by atoms with van der Waals surface area (Å²) >= 11 is 0. The summed E-state index contributed by atoms with van der Waals surface area (Å²) in [4.78, 5) is 9.82. The van der Waals surface area contributed by atoms with E-state index in [2.05, 4.69) is 21.9 Å². The van der Waals surface area contributed by atoms with Crippen LogP contribution in [-0.2, 0) is 4.74 Å². The Balaban J connectivity index is 1.19. The number of rotatable bonds is 3. The molecule has 6 rings (SSSR count). The summed E-state index contributed by atoms with van der Waals surface area (Å²) in [6.45, 7) is 5.68. The second kappa shape index (κ2) is 7.97. The van der Waals surface area contributed by atoms with Gasteiger partial charge in [-0.2, -0.15) is 0 Å². The lowest BCUT2D eigenvalue weighted by Crippen LogP contribution is -2.53. The fourth-order valence-electron chi connectivity index (χ4n) is 5.71. The molecule has 3 aliphatic heterocycles. The number of aliphatic hydroxyl groups excluding tert-OH is 1. The topological polar surface area (TPSA) is 67.3 Å². The van der Waals surface area contributed by atoms with Crippen LogP contribution in [0.25, 0.3) is 11.3 Å². The maximum absolute atomic E-state index is 10.9. The summed E-state index contributed by atoms with van der Waals surface area (Å²) < 4.78 is 16.5. The molecule has 1 N–H and O–H groups in total. The molecule has 7 heteroatoms. The first-order chi connectivity index (χ1) is 15.2. The molecule has 4 aliphatic rings. The number of anilines is 1. The molecule has 3 fully saturated rings. The van der Waals surface area contributed by atoms with Crippen molar-refractivity contribution in [1.29, 1.82) is 0 Å². The van der Waals surface area contributed by atoms with Crippen LogP contribution in [0.5, 0.6) is 11.5 Å². The minimum Gasteiger partial charge on any atom is -0.454 e. The number of hydrogen-bond donors (Lipinski definition) is 1. The van der Waals surface area contributed by atoms with Crippen LogP contribution >= 0.6 is 0 Å². The van der Waals surface area contributed by atoms with E-state index in [4.69, 9.17) is 19.2 Å². The SMILES string of the molecule is O[C@@H]1C[C@H]2CN(c3cccc(-c4ccc5c(c4)OCO5)n3)C[C@H]2C[C@H]1N1CCOCC1. The van der Waals surface area contributed by atoms with Crippen molar-refractivity contribution in [1.82, 2.24) is 9.88 Å². The van der Waals surface area contributed by atoms with Gasteiger partial charge in [0.05, 0.1) is 25.0 Å². The van der Waals surface area contributed by atoms with E-state index in [1.54, 1.807) is 0 Å². The van der Waals surface area contributed by atoms with E-state index in [0.29, 0.717) is 11.8 Å². The molecular formula is C24H29N3O4. The van der Waals surface area contributed by atoms with Crippen LogP contribution < -0.4 is 14.4 Å². The van der Waals surface area contributed by atoms with Crippen LogP contribution in [0.15, 0.2) is 36.4 Å². The molecule has 0 spiro atoms. The van der Waals surface area contributed by atoms with Crippen LogP contribution in [0.2, 0.25) is 0 Å². The Hall–Kier alpha value is -2.35. The van der Waals surface area contributed by atoms with Crippen molar-refractivity contribution in [2.24, 2.45) is 11.8 Å². The molecule has 4 atom stereocenters. The van der Waals surface area contributed by atoms with E-state index in [0.717, 1.165) is 80.8 Å². The van der Waals surface area contributed by atoms with E-state index >= 15 is 0 Å². The Morgan fingerprint density at radius 3 is 2.61 bits per heavy atom. The lowest BCUT2D eigenvalue weighted by Gasteiger charge is -2.43. The molecule has 4 heterocycles. The molecule has 0 bridgehead atoms. The Labute approximate surface area is 182 Å². The molecule has 7 nitrogen and oxygen atoms in total. The zero-order valence-electron chi connectivity index (χ0n) is 17.7. The van der Waals surface area contributed by atoms with Crippen molar-refractivity contribution in [2.75, 3.05) is 51.1 Å². The van der Waals surface area contributed by atoms with Gasteiger partial charge in [-0.15, -0.1) is 0 Å². The monoisotopic (exact) mass is 423 g/mol. The Morgan fingerprint density at radius 2 is 1.74 bits per heavy atom. The number of pyridine rings is 1. The molecule has 0 amide bonds. The summed E-state index contributed by atoms with van der Waals surface area (Å²) in [6.07, 6.45) is 1.70. The highest BCUT2D eigenvalue weighted by Crippen LogP contribution is 2.40. The highest BCUT2D eigenvalue weighted by atomic mass is 16.7. The van der Waals surface area contributed by atoms with Gasteiger partial charge in [0.1, 0.15) is 5.82 Å². The summed E-state index contributed by atoms with van der Waals surface area (Å²) in [6, 6.07) is 12.5. The van der Waals surface area contributed by atoms with E-state index in [9.17, 15) is 5.11 Å². The Kier molecular flexibility index (Phi) is 4.97. The normalized spacial score (nSPS) is 30.4. The minimum atomic E-state index is -0.243. The van der Waals surface area contributed by atoms with Crippen molar-refractivity contribution in [3.8, 4) is 22.8 Å². The number of fused-ring (bicyclic) bond motifs is 2. The van der Waals surface area contributed by atoms with Crippen molar-refractivity contribution < 1.29 is 19.3 Å². The average molecular weight is 424 g/mol. The highest BCUT2D eigenvalue weighted by molar-refractivity contribution is 5.66. The molecule has 31 heavy (non-hydrogen) atoms. The van der Waals surface area contributed by atoms with Gasteiger partial charge in [0.2, 0.25) is 6.79 Å². The maximum atomic E-state index is 10.9. The predicted octanol–water partition coefficient (Wildman–Crippen LogP) is 2.39. The first kappa shape index (κ1) is 19.3. The fourth-order valence-corrected chi connectivity index (χ4v) is 5.71. The molecule has 164 valence electrons. The number of morpholine rings is 1. The van der Waals surface area contributed by atoms with Crippen LogP contribution in [0.4, 0.5) is 5.82 Å². The number of hydrogen-bond acceptors (Lipinski definition) is 7. The Bertz CT molecular complexity index is 948. The molecule has 1 aliphatic carbocycles. The van der Waals surface area contributed by atoms with Crippen molar-refractivity contribution in [3.63, 3.8) is 0 Å². The van der Waals surface area contributed by atoms with Crippen LogP contribution in [-0.4, -0.2) is 73.3 Å². The summed E-state index contributed by atoms with van der Waals surface area (Å²) in [7, 11) is 0. The Morgan fingerprint density at radius 1 is 0.935 bits per heavy atom. The lowest BCUT2D eigenvalue weighted by atomic mass is 9.77. The van der Waals surface area contributed by atoms with E-state index in [1.807, 2.05) is 24.3 Å². The molecule has 0 unspecified atom stereocenters. The lowest BCUT2D eigenvalue weighted by molar-refractivity contribution is -0.0520. The van der Waals surface area contributed by atoms with Gasteiger partial charge in [-0.1, -0.05) is 6.07 Å². The third-order valence-electron chi connectivity index (χ3n) is 7.35. The molecule has 1 aromatic heterocycles. The van der Waals surface area contributed by atoms with Crippen molar-refractivity contribution in [3.05, 3.63) is 36.4 Å². The highest BCUT2D eigenvalue weighted by Gasteiger charge is 2.44. The second-order valence-electron chi connectivity index (χ2n) is 9.13. The van der Waals surface area contributed by atoms with Crippen molar-refractivity contribution in [2.45, 2.75) is 25.0 Å². The van der Waals surface area contributed by atoms with Crippen LogP contribution in [0.3, 0.4) is 0 Å². The molecule has 2 aromatic rings. The quantitative estimate of drug-likeness (QED) is 0.813. The number of aromatic nitrogens is 1. The molecule has 1 aromatic carbocycles. The number of benzene rings is 1. The zero-order valence-corrected chi connectivity index (χ0v) is 17.7. The average Bonchev–Trinajstić information content (AvgIpc) is 3.45. The van der Waals surface area contributed by atoms with Gasteiger partial charge in [-0.05, 0) is 55.0 Å². The first-order valence-electron chi connectivity index (χ1n) is 11.4. The molecule has 2 saturated heterocycles. The van der Waals surface area contributed by atoms with Crippen LogP contribution in [0.1, 0.15) is 12.8 Å². The van der Waals surface area contributed by atoms with Gasteiger partial charge < -0.3 is 24.2 Å². The van der Waals surface area contributed by atoms with Gasteiger partial charge in [0.15, 0.2) is 11.5 Å². The number of aliphatic hydroxyl groups is 1. The third kappa shape index (κ3) is 3.64. The summed E-state index contributed by atoms with van der Waals surface area (Å²) in [5.74, 6) is 3.72. The van der Waals surface area contributed by atoms with Gasteiger partial charge in [0, 0.05) is 37.8 Å². The number of ether oxygens (including phenoxy) is 3. The maximum Gasteiger partial charge on any atom is 0.231 e. The second-order valence-corrected chi connectivity index (χ2v) is 9.13. The van der Waals surface area contributed by atoms with E-state index in [-0.39, 0.29) is 18.9 Å². The van der Waals surface area contributed by atoms with E-state index in [1.165, 1.54) is 0 Å². The minimum absolute atomic E-state index is 0.243. The summed E-state index contributed by atoms with van der Waals surface area (Å²) in [5.41, 5.74) is 1.97. The fraction of sp³-hybridized carbons (Fsp3) is 0.542. The zero-order chi connectivity index (χ0) is 20.8. The third-order valence-corrected chi connectivity index (χ3v) is 7.35. The van der Waals surface area contributed by atoms with Gasteiger partial charge in [0.25, 0.3) is 0 Å². The van der Waals surface area contributed by atoms with Crippen LogP contribution in [0, 0.1) is 11.8 Å². The first-order valence-corrected chi connectivity index (χ1v) is 11.4.